The van der Waals surface area contributed by atoms with E-state index in [0.29, 0.717) is 18.5 Å². The number of amides is 2. The third-order valence-corrected chi connectivity index (χ3v) is 4.63. The summed E-state index contributed by atoms with van der Waals surface area (Å²) in [5.41, 5.74) is 3.47. The Balaban J connectivity index is 1.80. The van der Waals surface area contributed by atoms with Crippen LogP contribution in [0.1, 0.15) is 28.8 Å². The number of aryl methyl sites for hydroxylation is 1. The number of carbonyl (C=O) groups is 2. The SMILES string of the molecule is Cc1cc(-c2cccc(C(=O)N[C@H]3CCCNC3=O)c2)ccc1Cl. The summed E-state index contributed by atoms with van der Waals surface area (Å²) in [6.45, 7) is 2.63. The maximum atomic E-state index is 12.5. The van der Waals surface area contributed by atoms with Crippen LogP contribution in [0.25, 0.3) is 11.1 Å². The van der Waals surface area contributed by atoms with E-state index in [4.69, 9.17) is 11.6 Å². The normalized spacial score (nSPS) is 17.2. The van der Waals surface area contributed by atoms with Crippen molar-refractivity contribution in [3.63, 3.8) is 0 Å². The molecule has 1 saturated heterocycles. The molecule has 24 heavy (non-hydrogen) atoms. The molecule has 0 spiro atoms. The van der Waals surface area contributed by atoms with Crippen LogP contribution in [0.4, 0.5) is 0 Å². The predicted octanol–water partition coefficient (Wildman–Crippen LogP) is 3.32. The standard InChI is InChI=1S/C19H19ClN2O2/c1-12-10-14(7-8-16(12)20)13-4-2-5-15(11-13)18(23)22-17-6-3-9-21-19(17)24/h2,4-5,7-8,10-11,17H,3,6,9H2,1H3,(H,21,24)(H,22,23)/t17-/m0/s1. The number of hydrogen-bond acceptors (Lipinski definition) is 2. The van der Waals surface area contributed by atoms with Crippen LogP contribution in [0.2, 0.25) is 5.02 Å². The highest BCUT2D eigenvalue weighted by atomic mass is 35.5. The number of nitrogens with one attached hydrogen (secondary N) is 2. The molecule has 2 aromatic rings. The van der Waals surface area contributed by atoms with Crippen LogP contribution < -0.4 is 10.6 Å². The van der Waals surface area contributed by atoms with Crippen molar-refractivity contribution in [2.75, 3.05) is 6.54 Å². The van der Waals surface area contributed by atoms with Gasteiger partial charge in [-0.25, -0.2) is 0 Å². The predicted molar refractivity (Wildman–Crippen MR) is 95.1 cm³/mol. The summed E-state index contributed by atoms with van der Waals surface area (Å²) in [5, 5.41) is 6.30. The van der Waals surface area contributed by atoms with Gasteiger partial charge in [0.15, 0.2) is 0 Å². The lowest BCUT2D eigenvalue weighted by atomic mass is 10.0. The van der Waals surface area contributed by atoms with Gasteiger partial charge in [-0.2, -0.15) is 0 Å². The van der Waals surface area contributed by atoms with Gasteiger partial charge >= 0.3 is 0 Å². The molecule has 1 atom stereocenters. The van der Waals surface area contributed by atoms with Crippen LogP contribution in [0, 0.1) is 6.92 Å². The molecule has 3 rings (SSSR count). The molecule has 1 aliphatic heterocycles. The molecular weight excluding hydrogens is 324 g/mol. The number of hydrogen-bond donors (Lipinski definition) is 2. The Morgan fingerprint density at radius 3 is 2.75 bits per heavy atom. The van der Waals surface area contributed by atoms with Gasteiger partial charge in [-0.15, -0.1) is 0 Å². The van der Waals surface area contributed by atoms with Crippen LogP contribution in [-0.4, -0.2) is 24.4 Å². The quantitative estimate of drug-likeness (QED) is 0.899. The van der Waals surface area contributed by atoms with E-state index in [1.54, 1.807) is 6.07 Å². The van der Waals surface area contributed by atoms with E-state index in [2.05, 4.69) is 10.6 Å². The summed E-state index contributed by atoms with van der Waals surface area (Å²) >= 11 is 6.07. The second-order valence-electron chi connectivity index (χ2n) is 6.00. The van der Waals surface area contributed by atoms with E-state index in [9.17, 15) is 9.59 Å². The van der Waals surface area contributed by atoms with Gasteiger partial charge in [-0.3, -0.25) is 9.59 Å². The Hall–Kier alpha value is -2.33. The highest BCUT2D eigenvalue weighted by Gasteiger charge is 2.24. The Morgan fingerprint density at radius 1 is 1.21 bits per heavy atom. The fraction of sp³-hybridized carbons (Fsp3) is 0.263. The number of piperidine rings is 1. The molecule has 4 nitrogen and oxygen atoms in total. The van der Waals surface area contributed by atoms with Crippen LogP contribution in [-0.2, 0) is 4.79 Å². The third kappa shape index (κ3) is 3.60. The molecule has 1 fully saturated rings. The van der Waals surface area contributed by atoms with E-state index in [1.165, 1.54) is 0 Å². The van der Waals surface area contributed by atoms with Gasteiger partial charge in [-0.1, -0.05) is 29.8 Å². The van der Waals surface area contributed by atoms with Crippen molar-refractivity contribution >= 4 is 23.4 Å². The minimum atomic E-state index is -0.451. The molecule has 0 unspecified atom stereocenters. The molecular formula is C19H19ClN2O2. The molecule has 2 amide bonds. The maximum absolute atomic E-state index is 12.5. The summed E-state index contributed by atoms with van der Waals surface area (Å²) < 4.78 is 0. The second-order valence-corrected chi connectivity index (χ2v) is 6.41. The summed E-state index contributed by atoms with van der Waals surface area (Å²) in [7, 11) is 0. The van der Waals surface area contributed by atoms with E-state index < -0.39 is 6.04 Å². The van der Waals surface area contributed by atoms with Crippen LogP contribution in [0.15, 0.2) is 42.5 Å². The Morgan fingerprint density at radius 2 is 2.00 bits per heavy atom. The van der Waals surface area contributed by atoms with Crippen molar-refractivity contribution in [3.05, 3.63) is 58.6 Å². The van der Waals surface area contributed by atoms with E-state index >= 15 is 0 Å². The molecule has 5 heteroatoms. The van der Waals surface area contributed by atoms with Gasteiger partial charge in [0.1, 0.15) is 6.04 Å². The first-order chi connectivity index (χ1) is 11.5. The minimum Gasteiger partial charge on any atom is -0.354 e. The zero-order valence-electron chi connectivity index (χ0n) is 13.4. The summed E-state index contributed by atoms with van der Waals surface area (Å²) in [6, 6.07) is 12.7. The average molecular weight is 343 g/mol. The minimum absolute atomic E-state index is 0.112. The smallest absolute Gasteiger partial charge is 0.251 e. The fourth-order valence-electron chi connectivity index (χ4n) is 2.82. The van der Waals surface area contributed by atoms with Crippen molar-refractivity contribution in [3.8, 4) is 11.1 Å². The molecule has 0 radical (unpaired) electrons. The first kappa shape index (κ1) is 16.5. The van der Waals surface area contributed by atoms with Crippen LogP contribution >= 0.6 is 11.6 Å². The first-order valence-electron chi connectivity index (χ1n) is 8.00. The Kier molecular flexibility index (Phi) is 4.86. The average Bonchev–Trinajstić information content (AvgIpc) is 2.59. The van der Waals surface area contributed by atoms with E-state index in [1.807, 2.05) is 43.3 Å². The van der Waals surface area contributed by atoms with Crippen LogP contribution in [0.5, 0.6) is 0 Å². The third-order valence-electron chi connectivity index (χ3n) is 4.21. The van der Waals surface area contributed by atoms with Crippen LogP contribution in [0.3, 0.4) is 0 Å². The second kappa shape index (κ2) is 7.05. The van der Waals surface area contributed by atoms with Crippen molar-refractivity contribution in [1.82, 2.24) is 10.6 Å². The van der Waals surface area contributed by atoms with Crippen molar-refractivity contribution < 1.29 is 9.59 Å². The van der Waals surface area contributed by atoms with E-state index in [-0.39, 0.29) is 11.8 Å². The maximum Gasteiger partial charge on any atom is 0.251 e. The van der Waals surface area contributed by atoms with Gasteiger partial charge in [-0.05, 0) is 60.7 Å². The summed E-state index contributed by atoms with van der Waals surface area (Å²) in [5.74, 6) is -0.344. The Labute approximate surface area is 146 Å². The van der Waals surface area contributed by atoms with Gasteiger partial charge < -0.3 is 10.6 Å². The highest BCUT2D eigenvalue weighted by molar-refractivity contribution is 6.31. The summed E-state index contributed by atoms with van der Waals surface area (Å²) in [4.78, 5) is 24.2. The first-order valence-corrected chi connectivity index (χ1v) is 8.37. The Bertz CT molecular complexity index is 789. The molecule has 0 bridgehead atoms. The monoisotopic (exact) mass is 342 g/mol. The van der Waals surface area contributed by atoms with Gasteiger partial charge in [0.2, 0.25) is 5.91 Å². The zero-order chi connectivity index (χ0) is 17.1. The van der Waals surface area contributed by atoms with Gasteiger partial charge in [0.05, 0.1) is 0 Å². The van der Waals surface area contributed by atoms with E-state index in [0.717, 1.165) is 28.1 Å². The summed E-state index contributed by atoms with van der Waals surface area (Å²) in [6.07, 6.45) is 1.55. The molecule has 124 valence electrons. The molecule has 0 saturated carbocycles. The molecule has 0 aromatic heterocycles. The molecule has 1 heterocycles. The number of rotatable bonds is 3. The topological polar surface area (TPSA) is 58.2 Å². The lowest BCUT2D eigenvalue weighted by Crippen LogP contribution is -2.50. The number of halogens is 1. The van der Waals surface area contributed by atoms with Gasteiger partial charge in [0, 0.05) is 17.1 Å². The fourth-order valence-corrected chi connectivity index (χ4v) is 2.93. The van der Waals surface area contributed by atoms with Crippen molar-refractivity contribution in [1.29, 1.82) is 0 Å². The molecule has 2 aromatic carbocycles. The van der Waals surface area contributed by atoms with Crippen molar-refractivity contribution in [2.24, 2.45) is 0 Å². The number of carbonyl (C=O) groups excluding carboxylic acids is 2. The number of benzene rings is 2. The lowest BCUT2D eigenvalue weighted by molar-refractivity contribution is -0.124. The molecule has 0 aliphatic carbocycles. The zero-order valence-corrected chi connectivity index (χ0v) is 14.2. The van der Waals surface area contributed by atoms with Gasteiger partial charge in [0.25, 0.3) is 5.91 Å². The largest absolute Gasteiger partial charge is 0.354 e. The van der Waals surface area contributed by atoms with Crippen molar-refractivity contribution in [2.45, 2.75) is 25.8 Å². The molecule has 2 N–H and O–H groups in total. The molecule has 1 aliphatic rings. The highest BCUT2D eigenvalue weighted by Crippen LogP contribution is 2.25. The lowest BCUT2D eigenvalue weighted by Gasteiger charge is -2.22.